The van der Waals surface area contributed by atoms with Gasteiger partial charge in [-0.2, -0.15) is 5.10 Å². The van der Waals surface area contributed by atoms with Crippen LogP contribution in [0.15, 0.2) is 40.9 Å². The van der Waals surface area contributed by atoms with Gasteiger partial charge in [0.2, 0.25) is 0 Å². The summed E-state index contributed by atoms with van der Waals surface area (Å²) in [4.78, 5) is 7.36. The molecule has 6 nitrogen and oxygen atoms in total. The van der Waals surface area contributed by atoms with Gasteiger partial charge >= 0.3 is 0 Å². The fourth-order valence-electron chi connectivity index (χ4n) is 5.42. The topological polar surface area (TPSA) is 55.8 Å². The summed E-state index contributed by atoms with van der Waals surface area (Å²) in [6, 6.07) is 11.3. The minimum atomic E-state index is 0.547. The Morgan fingerprint density at radius 3 is 3.06 bits per heavy atom. The molecule has 6 heteroatoms. The van der Waals surface area contributed by atoms with Gasteiger partial charge in [-0.25, -0.2) is 9.50 Å². The summed E-state index contributed by atoms with van der Waals surface area (Å²) in [6.07, 6.45) is 8.55. The Bertz CT molecular complexity index is 1240. The van der Waals surface area contributed by atoms with E-state index in [-0.39, 0.29) is 0 Å². The van der Waals surface area contributed by atoms with Crippen molar-refractivity contribution in [1.82, 2.24) is 19.5 Å². The number of benzene rings is 1. The van der Waals surface area contributed by atoms with Crippen LogP contribution in [0.1, 0.15) is 36.3 Å². The summed E-state index contributed by atoms with van der Waals surface area (Å²) in [7, 11) is 1.79. The largest absolute Gasteiger partial charge is 0.461 e. The van der Waals surface area contributed by atoms with E-state index in [0.717, 1.165) is 61.3 Å². The molecule has 0 saturated carbocycles. The van der Waals surface area contributed by atoms with Gasteiger partial charge in [0, 0.05) is 54.4 Å². The summed E-state index contributed by atoms with van der Waals surface area (Å²) in [5.41, 5.74) is 6.83. The molecule has 3 aromatic heterocycles. The van der Waals surface area contributed by atoms with E-state index in [4.69, 9.17) is 14.1 Å². The van der Waals surface area contributed by atoms with Crippen molar-refractivity contribution >= 4 is 16.6 Å². The molecule has 6 rings (SSSR count). The predicted octanol–water partition coefficient (Wildman–Crippen LogP) is 4.28. The Kier molecular flexibility index (Phi) is 4.77. The molecular weight excluding hydrogens is 388 g/mol. The first-order valence-corrected chi connectivity index (χ1v) is 11.4. The van der Waals surface area contributed by atoms with Crippen molar-refractivity contribution in [3.63, 3.8) is 0 Å². The predicted molar refractivity (Wildman–Crippen MR) is 120 cm³/mol. The molecule has 4 aromatic rings. The van der Waals surface area contributed by atoms with Crippen molar-refractivity contribution in [2.24, 2.45) is 0 Å². The standard InChI is InChI=1S/C25H28N4O2/c1-30-16-19-4-3-12-28(19)13-10-20-15-18-14-17(7-8-23(18)31-20)25-21-5-2-6-22(21)27-24-9-11-26-29(24)25/h7-9,11,14-15,19H,2-6,10,12-13,16H2,1H3/t19-/m1/s1. The molecule has 0 unspecified atom stereocenters. The van der Waals surface area contributed by atoms with Crippen LogP contribution in [0.2, 0.25) is 0 Å². The average Bonchev–Trinajstić information content (AvgIpc) is 3.56. The molecule has 0 spiro atoms. The van der Waals surface area contributed by atoms with Crippen molar-refractivity contribution in [1.29, 1.82) is 0 Å². The maximum Gasteiger partial charge on any atom is 0.155 e. The fraction of sp³-hybridized carbons (Fsp3) is 0.440. The number of methoxy groups -OCH3 is 1. The molecule has 31 heavy (non-hydrogen) atoms. The zero-order chi connectivity index (χ0) is 20.8. The Hall–Kier alpha value is -2.70. The van der Waals surface area contributed by atoms with Crippen LogP contribution in [-0.4, -0.2) is 52.3 Å². The number of aryl methyl sites for hydroxylation is 1. The number of ether oxygens (including phenoxy) is 1. The van der Waals surface area contributed by atoms with E-state index in [9.17, 15) is 0 Å². The van der Waals surface area contributed by atoms with E-state index < -0.39 is 0 Å². The summed E-state index contributed by atoms with van der Waals surface area (Å²) in [5.74, 6) is 1.06. The average molecular weight is 417 g/mol. The third-order valence-corrected chi connectivity index (χ3v) is 6.90. The lowest BCUT2D eigenvalue weighted by Gasteiger charge is -2.23. The van der Waals surface area contributed by atoms with E-state index in [2.05, 4.69) is 34.3 Å². The molecule has 1 saturated heterocycles. The van der Waals surface area contributed by atoms with Crippen LogP contribution >= 0.6 is 0 Å². The lowest BCUT2D eigenvalue weighted by atomic mass is 10.0. The van der Waals surface area contributed by atoms with Crippen LogP contribution in [0.3, 0.4) is 0 Å². The molecule has 1 aliphatic carbocycles. The van der Waals surface area contributed by atoms with Crippen molar-refractivity contribution in [3.8, 4) is 11.3 Å². The Morgan fingerprint density at radius 2 is 2.13 bits per heavy atom. The summed E-state index contributed by atoms with van der Waals surface area (Å²) in [6.45, 7) is 3.00. The number of nitrogens with zero attached hydrogens (tertiary/aromatic N) is 4. The van der Waals surface area contributed by atoms with Crippen LogP contribution in [0.25, 0.3) is 27.9 Å². The zero-order valence-electron chi connectivity index (χ0n) is 18.0. The van der Waals surface area contributed by atoms with Gasteiger partial charge in [0.1, 0.15) is 11.3 Å². The quantitative estimate of drug-likeness (QED) is 0.469. The third kappa shape index (κ3) is 3.34. The molecule has 1 fully saturated rings. The van der Waals surface area contributed by atoms with Gasteiger partial charge in [0.25, 0.3) is 0 Å². The lowest BCUT2D eigenvalue weighted by Crippen LogP contribution is -2.34. The van der Waals surface area contributed by atoms with Gasteiger partial charge in [-0.1, -0.05) is 0 Å². The van der Waals surface area contributed by atoms with E-state index in [1.807, 2.05) is 16.8 Å². The Labute approximate surface area is 181 Å². The highest BCUT2D eigenvalue weighted by Crippen LogP contribution is 2.34. The van der Waals surface area contributed by atoms with Crippen LogP contribution in [0, 0.1) is 0 Å². The van der Waals surface area contributed by atoms with Crippen molar-refractivity contribution < 1.29 is 9.15 Å². The van der Waals surface area contributed by atoms with Gasteiger partial charge in [0.05, 0.1) is 18.5 Å². The molecule has 160 valence electrons. The molecule has 0 bridgehead atoms. The summed E-state index contributed by atoms with van der Waals surface area (Å²) < 4.78 is 13.6. The lowest BCUT2D eigenvalue weighted by molar-refractivity contribution is 0.115. The zero-order valence-corrected chi connectivity index (χ0v) is 18.0. The van der Waals surface area contributed by atoms with E-state index >= 15 is 0 Å². The molecule has 1 aromatic carbocycles. The van der Waals surface area contributed by atoms with Crippen LogP contribution in [0.4, 0.5) is 0 Å². The fourth-order valence-corrected chi connectivity index (χ4v) is 5.42. The monoisotopic (exact) mass is 416 g/mol. The Balaban J connectivity index is 1.30. The second-order valence-corrected chi connectivity index (χ2v) is 8.84. The van der Waals surface area contributed by atoms with Crippen LogP contribution < -0.4 is 0 Å². The van der Waals surface area contributed by atoms with Gasteiger partial charge in [0.15, 0.2) is 5.65 Å². The number of rotatable bonds is 6. The molecule has 0 N–H and O–H groups in total. The molecular formula is C25H28N4O2. The molecule has 2 aliphatic rings. The minimum absolute atomic E-state index is 0.547. The normalized spacial score (nSPS) is 19.1. The van der Waals surface area contributed by atoms with E-state index in [1.54, 1.807) is 7.11 Å². The number of hydrogen-bond donors (Lipinski definition) is 0. The smallest absolute Gasteiger partial charge is 0.155 e. The maximum atomic E-state index is 6.19. The summed E-state index contributed by atoms with van der Waals surface area (Å²) in [5, 5.41) is 5.73. The highest BCUT2D eigenvalue weighted by molar-refractivity contribution is 5.84. The first kappa shape index (κ1) is 19.0. The number of hydrogen-bond acceptors (Lipinski definition) is 5. The Morgan fingerprint density at radius 1 is 1.16 bits per heavy atom. The third-order valence-electron chi connectivity index (χ3n) is 6.90. The minimum Gasteiger partial charge on any atom is -0.461 e. The van der Waals surface area contributed by atoms with Crippen LogP contribution in [0.5, 0.6) is 0 Å². The summed E-state index contributed by atoms with van der Waals surface area (Å²) >= 11 is 0. The van der Waals surface area contributed by atoms with Crippen molar-refractivity contribution in [2.75, 3.05) is 26.8 Å². The molecule has 1 atom stereocenters. The van der Waals surface area contributed by atoms with Gasteiger partial charge in [-0.05, 0) is 62.9 Å². The molecule has 4 heterocycles. The second-order valence-electron chi connectivity index (χ2n) is 8.84. The highest BCUT2D eigenvalue weighted by Gasteiger charge is 2.24. The van der Waals surface area contributed by atoms with Crippen molar-refractivity contribution in [2.45, 2.75) is 44.6 Å². The second kappa shape index (κ2) is 7.77. The number of furan rings is 1. The van der Waals surface area contributed by atoms with E-state index in [1.165, 1.54) is 41.8 Å². The maximum absolute atomic E-state index is 6.19. The SMILES string of the molecule is COC[C@H]1CCCN1CCc1cc2cc(-c3c4c(nc5ccnn35)CCC4)ccc2o1. The number of aromatic nitrogens is 3. The molecule has 1 aliphatic heterocycles. The van der Waals surface area contributed by atoms with Crippen molar-refractivity contribution in [3.05, 3.63) is 53.5 Å². The van der Waals surface area contributed by atoms with Crippen LogP contribution in [-0.2, 0) is 24.0 Å². The van der Waals surface area contributed by atoms with Gasteiger partial charge in [-0.15, -0.1) is 0 Å². The molecule has 0 radical (unpaired) electrons. The molecule has 0 amide bonds. The highest BCUT2D eigenvalue weighted by atomic mass is 16.5. The van der Waals surface area contributed by atoms with Gasteiger partial charge in [-0.3, -0.25) is 4.90 Å². The first-order chi connectivity index (χ1) is 15.3. The number of likely N-dealkylation sites (tertiary alicyclic amines) is 1. The number of fused-ring (bicyclic) bond motifs is 3. The van der Waals surface area contributed by atoms with Gasteiger partial charge < -0.3 is 9.15 Å². The first-order valence-electron chi connectivity index (χ1n) is 11.4. The van der Waals surface area contributed by atoms with E-state index in [0.29, 0.717) is 6.04 Å².